The summed E-state index contributed by atoms with van der Waals surface area (Å²) in [6.45, 7) is 5.07. The largest absolute Gasteiger partial charge is 0.356 e. The van der Waals surface area contributed by atoms with E-state index in [-0.39, 0.29) is 0 Å². The third-order valence-electron chi connectivity index (χ3n) is 3.00. The molecule has 0 saturated carbocycles. The molecule has 1 aromatic carbocycles. The quantitative estimate of drug-likeness (QED) is 0.829. The molecule has 1 aliphatic rings. The van der Waals surface area contributed by atoms with Crippen LogP contribution >= 0.6 is 0 Å². The molecule has 0 unspecified atom stereocenters. The maximum absolute atomic E-state index is 4.40. The molecular weight excluding hydrogens is 198 g/mol. The topological polar surface area (TPSA) is 27.6 Å². The lowest BCUT2D eigenvalue weighted by Crippen LogP contribution is -2.36. The first-order valence-electron chi connectivity index (χ1n) is 5.81. The van der Waals surface area contributed by atoms with Gasteiger partial charge in [0, 0.05) is 20.1 Å². The number of likely N-dealkylation sites (N-methyl/N-ethyl adjacent to an activating group) is 1. The summed E-state index contributed by atoms with van der Waals surface area (Å²) in [7, 11) is 2.08. The molecule has 1 aromatic rings. The highest BCUT2D eigenvalue weighted by molar-refractivity contribution is 5.81. The van der Waals surface area contributed by atoms with Crippen molar-refractivity contribution in [1.82, 2.24) is 10.2 Å². The van der Waals surface area contributed by atoms with Crippen molar-refractivity contribution in [3.8, 4) is 0 Å². The number of nitrogens with one attached hydrogen (secondary N) is 1. The summed E-state index contributed by atoms with van der Waals surface area (Å²) in [4.78, 5) is 6.57. The Morgan fingerprint density at radius 1 is 1.38 bits per heavy atom. The Morgan fingerprint density at radius 3 is 2.88 bits per heavy atom. The van der Waals surface area contributed by atoms with Crippen LogP contribution < -0.4 is 5.32 Å². The molecule has 0 amide bonds. The SMILES string of the molecule is Cc1ccccc1CCNC1=NCCN1C. The minimum Gasteiger partial charge on any atom is -0.356 e. The molecule has 3 heteroatoms. The summed E-state index contributed by atoms with van der Waals surface area (Å²) in [5.41, 5.74) is 2.78. The molecule has 0 saturated heterocycles. The second-order valence-corrected chi connectivity index (χ2v) is 4.23. The summed E-state index contributed by atoms with van der Waals surface area (Å²) in [5, 5.41) is 3.38. The molecule has 0 radical (unpaired) electrons. The van der Waals surface area contributed by atoms with Gasteiger partial charge in [0.1, 0.15) is 0 Å². The maximum Gasteiger partial charge on any atom is 0.193 e. The van der Waals surface area contributed by atoms with Gasteiger partial charge in [0.15, 0.2) is 5.96 Å². The van der Waals surface area contributed by atoms with Gasteiger partial charge >= 0.3 is 0 Å². The van der Waals surface area contributed by atoms with Crippen molar-refractivity contribution >= 4 is 5.96 Å². The molecule has 16 heavy (non-hydrogen) atoms. The van der Waals surface area contributed by atoms with E-state index in [4.69, 9.17) is 0 Å². The van der Waals surface area contributed by atoms with E-state index in [9.17, 15) is 0 Å². The van der Waals surface area contributed by atoms with Crippen molar-refractivity contribution in [1.29, 1.82) is 0 Å². The Bertz CT molecular complexity index is 385. The molecule has 0 atom stereocenters. The number of benzene rings is 1. The van der Waals surface area contributed by atoms with Crippen LogP contribution in [0.3, 0.4) is 0 Å². The van der Waals surface area contributed by atoms with Crippen LogP contribution in [0, 0.1) is 6.92 Å². The molecule has 0 spiro atoms. The lowest BCUT2D eigenvalue weighted by molar-refractivity contribution is 0.534. The predicted molar refractivity (Wildman–Crippen MR) is 67.8 cm³/mol. The number of guanidine groups is 1. The van der Waals surface area contributed by atoms with Crippen LogP contribution in [0.1, 0.15) is 11.1 Å². The van der Waals surface area contributed by atoms with Crippen molar-refractivity contribution in [2.24, 2.45) is 4.99 Å². The van der Waals surface area contributed by atoms with E-state index in [1.165, 1.54) is 11.1 Å². The minimum atomic E-state index is 0.920. The standard InChI is InChI=1S/C13H19N3/c1-11-5-3-4-6-12(11)7-8-14-13-15-9-10-16(13)2/h3-6H,7-10H2,1-2H3,(H,14,15). The highest BCUT2D eigenvalue weighted by Gasteiger charge is 2.10. The first kappa shape index (κ1) is 11.0. The number of aliphatic imine (C=N–C) groups is 1. The Labute approximate surface area is 97.2 Å². The number of hydrogen-bond acceptors (Lipinski definition) is 3. The molecule has 0 bridgehead atoms. The van der Waals surface area contributed by atoms with Gasteiger partial charge < -0.3 is 10.2 Å². The number of aryl methyl sites for hydroxylation is 1. The highest BCUT2D eigenvalue weighted by atomic mass is 15.3. The molecule has 1 heterocycles. The third kappa shape index (κ3) is 2.54. The van der Waals surface area contributed by atoms with Gasteiger partial charge in [-0.3, -0.25) is 4.99 Å². The molecule has 86 valence electrons. The molecule has 3 nitrogen and oxygen atoms in total. The van der Waals surface area contributed by atoms with Gasteiger partial charge in [-0.15, -0.1) is 0 Å². The molecule has 0 fully saturated rings. The number of nitrogens with zero attached hydrogens (tertiary/aromatic N) is 2. The van der Waals surface area contributed by atoms with E-state index in [1.54, 1.807) is 0 Å². The van der Waals surface area contributed by atoms with Crippen LogP contribution in [0.5, 0.6) is 0 Å². The number of hydrogen-bond donors (Lipinski definition) is 1. The fourth-order valence-corrected chi connectivity index (χ4v) is 1.92. The van der Waals surface area contributed by atoms with Gasteiger partial charge in [-0.05, 0) is 24.5 Å². The maximum atomic E-state index is 4.40. The predicted octanol–water partition coefficient (Wildman–Crippen LogP) is 1.43. The summed E-state index contributed by atoms with van der Waals surface area (Å²) < 4.78 is 0. The zero-order chi connectivity index (χ0) is 11.4. The zero-order valence-electron chi connectivity index (χ0n) is 10.0. The van der Waals surface area contributed by atoms with Gasteiger partial charge in [-0.2, -0.15) is 0 Å². The van der Waals surface area contributed by atoms with Crippen LogP contribution in [0.15, 0.2) is 29.3 Å². The smallest absolute Gasteiger partial charge is 0.193 e. The first-order valence-corrected chi connectivity index (χ1v) is 5.81. The summed E-state index contributed by atoms with van der Waals surface area (Å²) in [6.07, 6.45) is 1.06. The fourth-order valence-electron chi connectivity index (χ4n) is 1.92. The van der Waals surface area contributed by atoms with E-state index < -0.39 is 0 Å². The minimum absolute atomic E-state index is 0.920. The van der Waals surface area contributed by atoms with E-state index in [0.717, 1.165) is 32.0 Å². The van der Waals surface area contributed by atoms with Gasteiger partial charge in [-0.1, -0.05) is 24.3 Å². The lowest BCUT2D eigenvalue weighted by Gasteiger charge is -2.15. The molecule has 1 aliphatic heterocycles. The van der Waals surface area contributed by atoms with E-state index in [2.05, 4.69) is 53.4 Å². The van der Waals surface area contributed by atoms with E-state index in [0.29, 0.717) is 0 Å². The Morgan fingerprint density at radius 2 is 2.19 bits per heavy atom. The van der Waals surface area contributed by atoms with E-state index >= 15 is 0 Å². The lowest BCUT2D eigenvalue weighted by atomic mass is 10.1. The summed E-state index contributed by atoms with van der Waals surface area (Å²) in [6, 6.07) is 8.54. The van der Waals surface area contributed by atoms with Crippen LogP contribution in [0.2, 0.25) is 0 Å². The van der Waals surface area contributed by atoms with Crippen LogP contribution in [0.4, 0.5) is 0 Å². The zero-order valence-corrected chi connectivity index (χ0v) is 10.0. The molecule has 0 aromatic heterocycles. The van der Waals surface area contributed by atoms with Gasteiger partial charge in [-0.25, -0.2) is 0 Å². The highest BCUT2D eigenvalue weighted by Crippen LogP contribution is 2.07. The van der Waals surface area contributed by atoms with Gasteiger partial charge in [0.2, 0.25) is 0 Å². The number of rotatable bonds is 3. The van der Waals surface area contributed by atoms with Crippen molar-refractivity contribution in [2.45, 2.75) is 13.3 Å². The summed E-state index contributed by atoms with van der Waals surface area (Å²) >= 11 is 0. The van der Waals surface area contributed by atoms with Crippen LogP contribution in [-0.2, 0) is 6.42 Å². The normalized spacial score (nSPS) is 15.1. The Balaban J connectivity index is 1.82. The fraction of sp³-hybridized carbons (Fsp3) is 0.462. The van der Waals surface area contributed by atoms with Crippen molar-refractivity contribution in [3.63, 3.8) is 0 Å². The van der Waals surface area contributed by atoms with Crippen LogP contribution in [0.25, 0.3) is 0 Å². The second kappa shape index (κ2) is 5.01. The van der Waals surface area contributed by atoms with Crippen molar-refractivity contribution in [3.05, 3.63) is 35.4 Å². The van der Waals surface area contributed by atoms with Gasteiger partial charge in [0.25, 0.3) is 0 Å². The van der Waals surface area contributed by atoms with Crippen molar-refractivity contribution in [2.75, 3.05) is 26.7 Å². The average molecular weight is 217 g/mol. The molecule has 0 aliphatic carbocycles. The Kier molecular flexibility index (Phi) is 3.44. The van der Waals surface area contributed by atoms with Crippen LogP contribution in [-0.4, -0.2) is 37.5 Å². The molecule has 1 N–H and O–H groups in total. The molecular formula is C13H19N3. The molecule has 2 rings (SSSR count). The monoisotopic (exact) mass is 217 g/mol. The first-order chi connectivity index (χ1) is 7.77. The summed E-state index contributed by atoms with van der Waals surface area (Å²) in [5.74, 6) is 1.04. The van der Waals surface area contributed by atoms with E-state index in [1.807, 2.05) is 0 Å². The third-order valence-corrected chi connectivity index (χ3v) is 3.00. The average Bonchev–Trinajstić information content (AvgIpc) is 2.67. The van der Waals surface area contributed by atoms with Crippen molar-refractivity contribution < 1.29 is 0 Å². The second-order valence-electron chi connectivity index (χ2n) is 4.23. The van der Waals surface area contributed by atoms with Gasteiger partial charge in [0.05, 0.1) is 6.54 Å². The Hall–Kier alpha value is -1.51.